The molecule has 0 aliphatic heterocycles. The van der Waals surface area contributed by atoms with Gasteiger partial charge >= 0.3 is 0 Å². The number of halogens is 1. The number of fused-ring (bicyclic) bond motifs is 1. The lowest BCUT2D eigenvalue weighted by Crippen LogP contribution is -2.26. The summed E-state index contributed by atoms with van der Waals surface area (Å²) in [6.45, 7) is 4.14. The highest BCUT2D eigenvalue weighted by Gasteiger charge is 2.23. The van der Waals surface area contributed by atoms with Crippen LogP contribution >= 0.6 is 11.6 Å². The molecule has 4 aromatic rings. The van der Waals surface area contributed by atoms with Crippen molar-refractivity contribution in [3.8, 4) is 11.3 Å². The maximum atomic E-state index is 12.5. The van der Waals surface area contributed by atoms with E-state index in [4.69, 9.17) is 21.1 Å². The first kappa shape index (κ1) is 23.3. The van der Waals surface area contributed by atoms with E-state index >= 15 is 0 Å². The van der Waals surface area contributed by atoms with Gasteiger partial charge in [-0.25, -0.2) is 18.1 Å². The second-order valence-corrected chi connectivity index (χ2v) is 9.87. The standard InChI is InChI=1S/C21H24BClN6O3S/c1-13-20(14(2)32-28-13)33(30,31)26-10-6-5-9-24-19-11-18(15-7-3-4-8-17(15)23)27-21-16(22)12-25-29(19)21/h3-4,7-8,11-12,24,26H,5-6,9-10,22H2,1-2H3. The van der Waals surface area contributed by atoms with Gasteiger partial charge in [-0.2, -0.15) is 9.61 Å². The van der Waals surface area contributed by atoms with Crippen LogP contribution in [0.2, 0.25) is 5.02 Å². The number of sulfonamides is 1. The van der Waals surface area contributed by atoms with Crippen LogP contribution in [0, 0.1) is 13.8 Å². The highest BCUT2D eigenvalue weighted by atomic mass is 35.5. The molecule has 3 heterocycles. The highest BCUT2D eigenvalue weighted by molar-refractivity contribution is 7.89. The molecule has 0 fully saturated rings. The number of benzene rings is 1. The SMILES string of the molecule is Bc1cnn2c(NCCCCNS(=O)(=O)c3c(C)noc3C)cc(-c3ccccc3Cl)nc12. The van der Waals surface area contributed by atoms with Crippen molar-refractivity contribution in [3.05, 3.63) is 53.0 Å². The normalized spacial score (nSPS) is 11.8. The summed E-state index contributed by atoms with van der Waals surface area (Å²) in [5, 5.41) is 12.1. The summed E-state index contributed by atoms with van der Waals surface area (Å²) in [7, 11) is -1.69. The molecular formula is C21H24BClN6O3S. The van der Waals surface area contributed by atoms with E-state index in [1.807, 2.05) is 38.2 Å². The lowest BCUT2D eigenvalue weighted by Gasteiger charge is -2.12. The Morgan fingerprint density at radius 1 is 1.18 bits per heavy atom. The fourth-order valence-corrected chi connectivity index (χ4v) is 5.24. The van der Waals surface area contributed by atoms with Crippen molar-refractivity contribution in [2.45, 2.75) is 31.6 Å². The molecule has 0 aliphatic rings. The minimum atomic E-state index is -3.65. The van der Waals surface area contributed by atoms with Gasteiger partial charge in [-0.1, -0.05) is 35.0 Å². The van der Waals surface area contributed by atoms with Crippen molar-refractivity contribution in [1.29, 1.82) is 0 Å². The Kier molecular flexibility index (Phi) is 6.73. The summed E-state index contributed by atoms with van der Waals surface area (Å²) in [4.78, 5) is 4.85. The van der Waals surface area contributed by atoms with Gasteiger partial charge in [0.15, 0.2) is 11.4 Å². The fraction of sp³-hybridized carbons (Fsp3) is 0.286. The molecular weight excluding hydrogens is 463 g/mol. The molecule has 9 nitrogen and oxygen atoms in total. The van der Waals surface area contributed by atoms with Gasteiger partial charge in [0.05, 0.1) is 5.69 Å². The lowest BCUT2D eigenvalue weighted by atomic mass is 10.0. The molecule has 0 amide bonds. The zero-order valence-electron chi connectivity index (χ0n) is 18.6. The van der Waals surface area contributed by atoms with Crippen molar-refractivity contribution in [2.24, 2.45) is 0 Å². The van der Waals surface area contributed by atoms with Crippen molar-refractivity contribution < 1.29 is 12.9 Å². The van der Waals surface area contributed by atoms with Crippen LogP contribution in [-0.2, 0) is 10.0 Å². The van der Waals surface area contributed by atoms with Crippen molar-refractivity contribution in [1.82, 2.24) is 24.5 Å². The Morgan fingerprint density at radius 3 is 2.67 bits per heavy atom. The van der Waals surface area contributed by atoms with Gasteiger partial charge in [-0.3, -0.25) is 0 Å². The first-order valence-corrected chi connectivity index (χ1v) is 12.4. The molecule has 0 spiro atoms. The van der Waals surface area contributed by atoms with Gasteiger partial charge in [0.1, 0.15) is 24.3 Å². The van der Waals surface area contributed by atoms with E-state index in [0.717, 1.165) is 34.6 Å². The first-order valence-electron chi connectivity index (χ1n) is 10.5. The van der Waals surface area contributed by atoms with Gasteiger partial charge in [-0.15, -0.1) is 0 Å². The van der Waals surface area contributed by atoms with Crippen molar-refractivity contribution in [2.75, 3.05) is 18.4 Å². The molecule has 1 aromatic carbocycles. The number of aryl methyl sites for hydroxylation is 2. The average Bonchev–Trinajstić information content (AvgIpc) is 3.32. The number of nitrogens with one attached hydrogen (secondary N) is 2. The monoisotopic (exact) mass is 486 g/mol. The smallest absolute Gasteiger partial charge is 0.245 e. The van der Waals surface area contributed by atoms with E-state index in [-0.39, 0.29) is 10.7 Å². The Morgan fingerprint density at radius 2 is 1.94 bits per heavy atom. The Bertz CT molecular complexity index is 1380. The number of hydrogen-bond acceptors (Lipinski definition) is 7. The number of anilines is 1. The van der Waals surface area contributed by atoms with Gasteiger partial charge in [0.25, 0.3) is 0 Å². The number of nitrogens with zero attached hydrogens (tertiary/aromatic N) is 4. The second-order valence-electron chi connectivity index (χ2n) is 7.75. The number of rotatable bonds is 9. The minimum absolute atomic E-state index is 0.112. The number of hydrogen-bond donors (Lipinski definition) is 2. The van der Waals surface area contributed by atoms with E-state index in [0.29, 0.717) is 30.2 Å². The quantitative estimate of drug-likeness (QED) is 0.275. The molecule has 0 saturated heterocycles. The van der Waals surface area contributed by atoms with Gasteiger partial charge in [-0.05, 0) is 38.2 Å². The molecule has 0 saturated carbocycles. The van der Waals surface area contributed by atoms with Gasteiger partial charge in [0, 0.05) is 35.9 Å². The molecule has 4 rings (SSSR count). The van der Waals surface area contributed by atoms with Crippen molar-refractivity contribution in [3.63, 3.8) is 0 Å². The summed E-state index contributed by atoms with van der Waals surface area (Å²) >= 11 is 6.38. The number of unbranched alkanes of at least 4 members (excludes halogenated alkanes) is 1. The van der Waals surface area contributed by atoms with E-state index in [9.17, 15) is 8.42 Å². The third kappa shape index (κ3) is 4.90. The second kappa shape index (κ2) is 9.54. The molecule has 12 heteroatoms. The van der Waals surface area contributed by atoms with E-state index in [1.165, 1.54) is 0 Å². The lowest BCUT2D eigenvalue weighted by molar-refractivity contribution is 0.390. The molecule has 0 aliphatic carbocycles. The Labute approximate surface area is 198 Å². The van der Waals surface area contributed by atoms with Crippen LogP contribution in [0.5, 0.6) is 0 Å². The zero-order valence-corrected chi connectivity index (χ0v) is 20.2. The topological polar surface area (TPSA) is 114 Å². The van der Waals surface area contributed by atoms with Crippen LogP contribution in [0.1, 0.15) is 24.3 Å². The summed E-state index contributed by atoms with van der Waals surface area (Å²) in [5.41, 5.74) is 3.67. The van der Waals surface area contributed by atoms with Crippen LogP contribution in [0.4, 0.5) is 5.82 Å². The van der Waals surface area contributed by atoms with Crippen LogP contribution in [0.15, 0.2) is 45.9 Å². The Hall–Kier alpha value is -2.89. The third-order valence-corrected chi connectivity index (χ3v) is 7.27. The summed E-state index contributed by atoms with van der Waals surface area (Å²) in [6, 6.07) is 9.49. The predicted octanol–water partition coefficient (Wildman–Crippen LogP) is 2.08. The van der Waals surface area contributed by atoms with Crippen LogP contribution < -0.4 is 15.5 Å². The molecule has 0 radical (unpaired) electrons. The number of aromatic nitrogens is 4. The molecule has 172 valence electrons. The van der Waals surface area contributed by atoms with Crippen LogP contribution in [0.3, 0.4) is 0 Å². The van der Waals surface area contributed by atoms with E-state index in [1.54, 1.807) is 24.6 Å². The molecule has 33 heavy (non-hydrogen) atoms. The van der Waals surface area contributed by atoms with Crippen LogP contribution in [0.25, 0.3) is 16.9 Å². The third-order valence-electron chi connectivity index (χ3n) is 5.24. The molecule has 0 bridgehead atoms. The maximum absolute atomic E-state index is 12.5. The fourth-order valence-electron chi connectivity index (χ4n) is 3.61. The maximum Gasteiger partial charge on any atom is 0.245 e. The van der Waals surface area contributed by atoms with E-state index in [2.05, 4.69) is 20.3 Å². The minimum Gasteiger partial charge on any atom is -0.370 e. The average molecular weight is 487 g/mol. The predicted molar refractivity (Wildman–Crippen MR) is 131 cm³/mol. The van der Waals surface area contributed by atoms with Crippen LogP contribution in [-0.4, -0.2) is 49.1 Å². The summed E-state index contributed by atoms with van der Waals surface area (Å²) in [6.07, 6.45) is 3.17. The molecule has 3 aromatic heterocycles. The van der Waals surface area contributed by atoms with Crippen molar-refractivity contribution >= 4 is 46.4 Å². The highest BCUT2D eigenvalue weighted by Crippen LogP contribution is 2.28. The Balaban J connectivity index is 1.40. The summed E-state index contributed by atoms with van der Waals surface area (Å²) in [5.74, 6) is 1.08. The molecule has 0 unspecified atom stereocenters. The zero-order chi connectivity index (χ0) is 23.6. The van der Waals surface area contributed by atoms with E-state index < -0.39 is 10.0 Å². The molecule has 2 N–H and O–H groups in total. The van der Waals surface area contributed by atoms with Gasteiger partial charge in [0.2, 0.25) is 10.0 Å². The van der Waals surface area contributed by atoms with Gasteiger partial charge < -0.3 is 9.84 Å². The summed E-state index contributed by atoms with van der Waals surface area (Å²) < 4.78 is 34.3. The molecule has 0 atom stereocenters. The largest absolute Gasteiger partial charge is 0.370 e. The first-order chi connectivity index (χ1) is 15.8.